The van der Waals surface area contributed by atoms with Crippen LogP contribution in [0.5, 0.6) is 0 Å². The summed E-state index contributed by atoms with van der Waals surface area (Å²) in [6, 6.07) is 5.62. The number of rotatable bonds is 4. The molecule has 2 aliphatic rings. The lowest BCUT2D eigenvalue weighted by molar-refractivity contribution is 0.312. The fraction of sp³-hybridized carbons (Fsp3) is 0.550. The Hall–Kier alpha value is -2.61. The monoisotopic (exact) mass is 383 g/mol. The van der Waals surface area contributed by atoms with Crippen LogP contribution in [0.3, 0.4) is 0 Å². The highest BCUT2D eigenvalue weighted by Gasteiger charge is 2.23. The Morgan fingerprint density at radius 3 is 2.29 bits per heavy atom. The number of H-pyrrole nitrogens is 1. The van der Waals surface area contributed by atoms with Gasteiger partial charge in [0.15, 0.2) is 0 Å². The molecule has 150 valence electrons. The van der Waals surface area contributed by atoms with Crippen LogP contribution in [0.1, 0.15) is 18.4 Å². The molecule has 4 rings (SSSR count). The number of aromatic nitrogens is 3. The van der Waals surface area contributed by atoms with Gasteiger partial charge in [-0.1, -0.05) is 6.07 Å². The molecule has 0 atom stereocenters. The largest absolute Gasteiger partial charge is 0.368 e. The third-order valence-corrected chi connectivity index (χ3v) is 5.86. The van der Waals surface area contributed by atoms with E-state index in [2.05, 4.69) is 42.8 Å². The first-order chi connectivity index (χ1) is 13.6. The minimum atomic E-state index is -0.0453. The maximum absolute atomic E-state index is 11.2. The Morgan fingerprint density at radius 1 is 1.04 bits per heavy atom. The van der Waals surface area contributed by atoms with Gasteiger partial charge in [0.2, 0.25) is 11.5 Å². The molecule has 2 aromatic heterocycles. The van der Waals surface area contributed by atoms with E-state index in [-0.39, 0.29) is 5.56 Å². The molecule has 0 bridgehead atoms. The zero-order chi connectivity index (χ0) is 19.5. The number of likely N-dealkylation sites (N-methyl/N-ethyl adjacent to an activating group) is 1. The molecule has 2 fully saturated rings. The van der Waals surface area contributed by atoms with Gasteiger partial charge < -0.3 is 25.4 Å². The van der Waals surface area contributed by atoms with Crippen LogP contribution in [0.15, 0.2) is 29.2 Å². The van der Waals surface area contributed by atoms with E-state index in [1.165, 1.54) is 5.56 Å². The molecule has 0 unspecified atom stereocenters. The van der Waals surface area contributed by atoms with E-state index >= 15 is 0 Å². The highest BCUT2D eigenvalue weighted by molar-refractivity contribution is 5.54. The minimum Gasteiger partial charge on any atom is -0.368 e. The summed E-state index contributed by atoms with van der Waals surface area (Å²) in [5.74, 6) is 2.84. The van der Waals surface area contributed by atoms with Gasteiger partial charge in [0.25, 0.3) is 0 Å². The van der Waals surface area contributed by atoms with Crippen LogP contribution in [0.2, 0.25) is 0 Å². The van der Waals surface area contributed by atoms with Gasteiger partial charge in [0, 0.05) is 57.6 Å². The number of hydrogen-bond acceptors (Lipinski definition) is 7. The molecule has 2 aromatic rings. The summed E-state index contributed by atoms with van der Waals surface area (Å²) in [7, 11) is 2.15. The van der Waals surface area contributed by atoms with Crippen molar-refractivity contribution < 1.29 is 0 Å². The van der Waals surface area contributed by atoms with Crippen LogP contribution in [-0.4, -0.2) is 66.2 Å². The Morgan fingerprint density at radius 2 is 1.68 bits per heavy atom. The van der Waals surface area contributed by atoms with Gasteiger partial charge in [-0.05, 0) is 37.8 Å². The van der Waals surface area contributed by atoms with Crippen LogP contribution in [0.25, 0.3) is 0 Å². The van der Waals surface area contributed by atoms with Crippen molar-refractivity contribution in [1.82, 2.24) is 19.9 Å². The molecule has 2 aliphatic heterocycles. The Bertz CT molecular complexity index is 831. The number of nitrogens with one attached hydrogen (secondary N) is 1. The number of piperazine rings is 1. The molecule has 8 heteroatoms. The van der Waals surface area contributed by atoms with E-state index in [4.69, 9.17) is 5.73 Å². The number of pyridine rings is 1. The topological polar surface area (TPSA) is 94.4 Å². The van der Waals surface area contributed by atoms with E-state index in [1.807, 2.05) is 12.3 Å². The van der Waals surface area contributed by atoms with Crippen molar-refractivity contribution in [3.63, 3.8) is 0 Å². The number of nitrogen functional groups attached to an aromatic ring is 1. The third kappa shape index (κ3) is 4.44. The molecule has 0 aliphatic carbocycles. The number of hydrogen-bond donors (Lipinski definition) is 2. The molecule has 4 heterocycles. The molecule has 3 N–H and O–H groups in total. The fourth-order valence-corrected chi connectivity index (χ4v) is 4.07. The normalized spacial score (nSPS) is 19.2. The second-order valence-corrected chi connectivity index (χ2v) is 7.93. The zero-order valence-electron chi connectivity index (χ0n) is 16.5. The molecule has 0 spiro atoms. The van der Waals surface area contributed by atoms with Gasteiger partial charge in [0.05, 0.1) is 0 Å². The van der Waals surface area contributed by atoms with Crippen molar-refractivity contribution in [1.29, 1.82) is 0 Å². The van der Waals surface area contributed by atoms with E-state index in [0.29, 0.717) is 11.9 Å². The van der Waals surface area contributed by atoms with Crippen LogP contribution < -0.4 is 21.1 Å². The van der Waals surface area contributed by atoms with Crippen molar-refractivity contribution in [3.05, 3.63) is 40.3 Å². The molecular weight excluding hydrogens is 354 g/mol. The van der Waals surface area contributed by atoms with Crippen molar-refractivity contribution in [2.45, 2.75) is 19.3 Å². The molecule has 0 amide bonds. The molecular formula is C20H29N7O. The third-order valence-electron chi connectivity index (χ3n) is 5.86. The van der Waals surface area contributed by atoms with Crippen LogP contribution in [-0.2, 0) is 6.42 Å². The van der Waals surface area contributed by atoms with Gasteiger partial charge in [-0.25, -0.2) is 0 Å². The van der Waals surface area contributed by atoms with Gasteiger partial charge in [-0.3, -0.25) is 4.79 Å². The minimum absolute atomic E-state index is 0.0453. The van der Waals surface area contributed by atoms with Crippen LogP contribution in [0, 0.1) is 5.92 Å². The number of piperidine rings is 1. The molecule has 28 heavy (non-hydrogen) atoms. The summed E-state index contributed by atoms with van der Waals surface area (Å²) in [5.41, 5.74) is 7.18. The van der Waals surface area contributed by atoms with Crippen molar-refractivity contribution in [2.24, 2.45) is 5.92 Å². The SMILES string of the molecule is CN1CCN(c2cc(N3CCC(Cc4ccc(=O)[nH]c4)CC3)nc(N)n2)CC1. The van der Waals surface area contributed by atoms with Crippen molar-refractivity contribution in [3.8, 4) is 0 Å². The standard InChI is InChI=1S/C20H29N7O/c1-25-8-10-27(11-9-25)18-13-17(23-20(21)24-18)26-6-4-15(5-7-26)12-16-2-3-19(28)22-14-16/h2-3,13-15H,4-12H2,1H3,(H,22,28)(H2,21,23,24). The average molecular weight is 384 g/mol. The van der Waals surface area contributed by atoms with Crippen LogP contribution >= 0.6 is 0 Å². The first-order valence-electron chi connectivity index (χ1n) is 10.1. The predicted molar refractivity (Wildman–Crippen MR) is 112 cm³/mol. The van der Waals surface area contributed by atoms with Crippen molar-refractivity contribution in [2.75, 3.05) is 61.8 Å². The van der Waals surface area contributed by atoms with Gasteiger partial charge in [0.1, 0.15) is 11.6 Å². The Labute approximate surface area is 165 Å². The zero-order valence-corrected chi connectivity index (χ0v) is 16.5. The van der Waals surface area contributed by atoms with Gasteiger partial charge in [-0.2, -0.15) is 9.97 Å². The summed E-state index contributed by atoms with van der Waals surface area (Å²) in [6.07, 6.45) is 5.05. The second-order valence-electron chi connectivity index (χ2n) is 7.93. The smallest absolute Gasteiger partial charge is 0.247 e. The van der Waals surface area contributed by atoms with E-state index in [1.54, 1.807) is 6.07 Å². The Balaban J connectivity index is 1.38. The summed E-state index contributed by atoms with van der Waals surface area (Å²) in [6.45, 7) is 5.94. The number of nitrogens with two attached hydrogens (primary N) is 1. The fourth-order valence-electron chi connectivity index (χ4n) is 4.07. The Kier molecular flexibility index (Phi) is 5.47. The number of anilines is 3. The molecule has 0 radical (unpaired) electrons. The summed E-state index contributed by atoms with van der Waals surface area (Å²) < 4.78 is 0. The first kappa shape index (κ1) is 18.7. The first-order valence-corrected chi connectivity index (χ1v) is 10.1. The van der Waals surface area contributed by atoms with E-state index in [0.717, 1.165) is 70.2 Å². The lowest BCUT2D eigenvalue weighted by Gasteiger charge is -2.35. The maximum Gasteiger partial charge on any atom is 0.247 e. The lowest BCUT2D eigenvalue weighted by Crippen LogP contribution is -2.45. The summed E-state index contributed by atoms with van der Waals surface area (Å²) in [5, 5.41) is 0. The second kappa shape index (κ2) is 8.18. The van der Waals surface area contributed by atoms with E-state index < -0.39 is 0 Å². The molecule has 2 saturated heterocycles. The predicted octanol–water partition coefficient (Wildman–Crippen LogP) is 0.958. The summed E-state index contributed by atoms with van der Waals surface area (Å²) in [4.78, 5) is 29.9. The molecule has 0 saturated carbocycles. The molecule has 0 aromatic carbocycles. The quantitative estimate of drug-likeness (QED) is 0.812. The summed E-state index contributed by atoms with van der Waals surface area (Å²) >= 11 is 0. The highest BCUT2D eigenvalue weighted by atomic mass is 16.1. The van der Waals surface area contributed by atoms with Gasteiger partial charge in [-0.15, -0.1) is 0 Å². The lowest BCUT2D eigenvalue weighted by atomic mass is 9.91. The highest BCUT2D eigenvalue weighted by Crippen LogP contribution is 2.27. The van der Waals surface area contributed by atoms with E-state index in [9.17, 15) is 4.79 Å². The van der Waals surface area contributed by atoms with Crippen molar-refractivity contribution >= 4 is 17.6 Å². The number of aromatic amines is 1. The molecule has 8 nitrogen and oxygen atoms in total. The van der Waals surface area contributed by atoms with Gasteiger partial charge >= 0.3 is 0 Å². The average Bonchev–Trinajstić information content (AvgIpc) is 2.70. The number of nitrogens with zero attached hydrogens (tertiary/aromatic N) is 5. The maximum atomic E-state index is 11.2. The van der Waals surface area contributed by atoms with Crippen LogP contribution in [0.4, 0.5) is 17.6 Å².